The molecule has 0 atom stereocenters. The first-order chi connectivity index (χ1) is 8.92. The number of hydrogen-bond acceptors (Lipinski definition) is 6. The highest BCUT2D eigenvalue weighted by atomic mass is 16.5. The summed E-state index contributed by atoms with van der Waals surface area (Å²) in [5.41, 5.74) is 0.641. The molecule has 0 saturated heterocycles. The Bertz CT molecular complexity index is 507. The molecular formula is C11H16N6O. The van der Waals surface area contributed by atoms with Gasteiger partial charge in [0.15, 0.2) is 5.65 Å². The van der Waals surface area contributed by atoms with E-state index in [1.807, 2.05) is 12.1 Å². The van der Waals surface area contributed by atoms with Crippen LogP contribution < -0.4 is 5.32 Å². The molecule has 0 radical (unpaired) electrons. The minimum absolute atomic E-state index is 0.460. The van der Waals surface area contributed by atoms with Crippen molar-refractivity contribution in [2.24, 2.45) is 0 Å². The van der Waals surface area contributed by atoms with Crippen LogP contribution in [0.2, 0.25) is 0 Å². The Hall–Kier alpha value is -1.76. The van der Waals surface area contributed by atoms with Crippen molar-refractivity contribution >= 4 is 11.5 Å². The first kappa shape index (κ1) is 11.3. The quantitative estimate of drug-likeness (QED) is 0.792. The second-order valence-electron chi connectivity index (χ2n) is 4.45. The van der Waals surface area contributed by atoms with Gasteiger partial charge in [-0.2, -0.15) is 0 Å². The Morgan fingerprint density at radius 2 is 2.22 bits per heavy atom. The highest BCUT2D eigenvalue weighted by molar-refractivity contribution is 5.41. The molecule has 3 rings (SSSR count). The minimum Gasteiger partial charge on any atom is -0.376 e. The van der Waals surface area contributed by atoms with Gasteiger partial charge in [-0.05, 0) is 35.4 Å². The van der Waals surface area contributed by atoms with Crippen LogP contribution in [-0.4, -0.2) is 44.5 Å². The van der Waals surface area contributed by atoms with Crippen molar-refractivity contribution in [1.29, 1.82) is 0 Å². The smallest absolute Gasteiger partial charge is 0.200 e. The van der Waals surface area contributed by atoms with Crippen LogP contribution in [0, 0.1) is 0 Å². The summed E-state index contributed by atoms with van der Waals surface area (Å²) in [5, 5.41) is 18.5. The number of anilines is 1. The zero-order valence-electron chi connectivity index (χ0n) is 10.1. The number of ether oxygens (including phenoxy) is 1. The Kier molecular flexibility index (Phi) is 3.31. The minimum atomic E-state index is 0.460. The maximum atomic E-state index is 5.76. The van der Waals surface area contributed by atoms with E-state index in [4.69, 9.17) is 4.74 Å². The lowest BCUT2D eigenvalue weighted by molar-refractivity contribution is 0.0658. The predicted molar refractivity (Wildman–Crippen MR) is 65.3 cm³/mol. The lowest BCUT2D eigenvalue weighted by atomic mass is 10.3. The van der Waals surface area contributed by atoms with Gasteiger partial charge in [0.2, 0.25) is 0 Å². The van der Waals surface area contributed by atoms with E-state index in [1.165, 1.54) is 30.3 Å². The van der Waals surface area contributed by atoms with E-state index in [1.54, 1.807) is 0 Å². The first-order valence-electron chi connectivity index (χ1n) is 6.33. The van der Waals surface area contributed by atoms with E-state index in [0.29, 0.717) is 18.4 Å². The second-order valence-corrected chi connectivity index (χ2v) is 4.45. The Morgan fingerprint density at radius 3 is 3.11 bits per heavy atom. The van der Waals surface area contributed by atoms with Crippen LogP contribution in [0.4, 0.5) is 5.82 Å². The molecule has 1 fully saturated rings. The molecule has 0 aromatic carbocycles. The summed E-state index contributed by atoms with van der Waals surface area (Å²) >= 11 is 0. The third-order valence-electron chi connectivity index (χ3n) is 3.13. The van der Waals surface area contributed by atoms with Gasteiger partial charge >= 0.3 is 0 Å². The maximum Gasteiger partial charge on any atom is 0.200 e. The van der Waals surface area contributed by atoms with E-state index in [0.717, 1.165) is 12.4 Å². The van der Waals surface area contributed by atoms with Gasteiger partial charge in [-0.3, -0.25) is 0 Å². The van der Waals surface area contributed by atoms with E-state index >= 15 is 0 Å². The van der Waals surface area contributed by atoms with Crippen LogP contribution in [-0.2, 0) is 4.74 Å². The molecule has 0 bridgehead atoms. The van der Waals surface area contributed by atoms with Gasteiger partial charge in [-0.15, -0.1) is 14.8 Å². The number of nitrogens with one attached hydrogen (secondary N) is 1. The molecule has 1 saturated carbocycles. The third kappa shape index (κ3) is 2.56. The van der Waals surface area contributed by atoms with Crippen LogP contribution in [0.3, 0.4) is 0 Å². The van der Waals surface area contributed by atoms with Gasteiger partial charge in [-0.1, -0.05) is 12.8 Å². The second kappa shape index (κ2) is 5.26. The van der Waals surface area contributed by atoms with Crippen LogP contribution in [0.5, 0.6) is 0 Å². The molecular weight excluding hydrogens is 232 g/mol. The zero-order chi connectivity index (χ0) is 12.2. The number of tetrazole rings is 1. The average Bonchev–Trinajstić information content (AvgIpc) is 3.05. The fraction of sp³-hybridized carbons (Fsp3) is 0.636. The number of rotatable bonds is 5. The first-order valence-corrected chi connectivity index (χ1v) is 6.33. The van der Waals surface area contributed by atoms with Crippen molar-refractivity contribution < 1.29 is 4.74 Å². The Balaban J connectivity index is 1.47. The van der Waals surface area contributed by atoms with Gasteiger partial charge in [0.25, 0.3) is 0 Å². The van der Waals surface area contributed by atoms with E-state index in [-0.39, 0.29) is 0 Å². The highest BCUT2D eigenvalue weighted by Gasteiger charge is 2.14. The lowest BCUT2D eigenvalue weighted by Gasteiger charge is -2.11. The summed E-state index contributed by atoms with van der Waals surface area (Å²) in [5.74, 6) is 0.754. The van der Waals surface area contributed by atoms with Gasteiger partial charge in [0.1, 0.15) is 5.82 Å². The SMILES string of the molecule is c1cc2nnnn2nc1NCCOC1CCCC1. The van der Waals surface area contributed by atoms with Crippen LogP contribution >= 0.6 is 0 Å². The molecule has 1 aliphatic rings. The molecule has 2 heterocycles. The van der Waals surface area contributed by atoms with Crippen LogP contribution in [0.15, 0.2) is 12.1 Å². The molecule has 2 aromatic rings. The largest absolute Gasteiger partial charge is 0.376 e. The van der Waals surface area contributed by atoms with E-state index < -0.39 is 0 Å². The van der Waals surface area contributed by atoms with Crippen molar-refractivity contribution in [3.63, 3.8) is 0 Å². The molecule has 0 spiro atoms. The maximum absolute atomic E-state index is 5.76. The van der Waals surface area contributed by atoms with Crippen molar-refractivity contribution in [3.05, 3.63) is 12.1 Å². The van der Waals surface area contributed by atoms with Gasteiger partial charge in [-0.25, -0.2) is 0 Å². The molecule has 1 N–H and O–H groups in total. The lowest BCUT2D eigenvalue weighted by Crippen LogP contribution is -2.16. The van der Waals surface area contributed by atoms with Crippen molar-refractivity contribution in [1.82, 2.24) is 25.3 Å². The Labute approximate surface area is 105 Å². The van der Waals surface area contributed by atoms with E-state index in [2.05, 4.69) is 25.9 Å². The van der Waals surface area contributed by atoms with E-state index in [9.17, 15) is 0 Å². The number of nitrogens with zero attached hydrogens (tertiary/aromatic N) is 5. The number of hydrogen-bond donors (Lipinski definition) is 1. The molecule has 96 valence electrons. The molecule has 0 aliphatic heterocycles. The monoisotopic (exact) mass is 248 g/mol. The molecule has 2 aromatic heterocycles. The summed E-state index contributed by atoms with van der Waals surface area (Å²) in [4.78, 5) is 0. The average molecular weight is 248 g/mol. The fourth-order valence-electron chi connectivity index (χ4n) is 2.20. The molecule has 1 aliphatic carbocycles. The zero-order valence-corrected chi connectivity index (χ0v) is 10.1. The molecule has 18 heavy (non-hydrogen) atoms. The summed E-state index contributed by atoms with van der Waals surface area (Å²) in [6.45, 7) is 1.46. The molecule has 0 amide bonds. The summed E-state index contributed by atoms with van der Waals surface area (Å²) < 4.78 is 7.16. The number of fused-ring (bicyclic) bond motifs is 1. The van der Waals surface area contributed by atoms with Crippen LogP contribution in [0.25, 0.3) is 5.65 Å². The van der Waals surface area contributed by atoms with Crippen LogP contribution in [0.1, 0.15) is 25.7 Å². The normalized spacial score (nSPS) is 16.4. The molecule has 7 nitrogen and oxygen atoms in total. The predicted octanol–water partition coefficient (Wildman–Crippen LogP) is 0.890. The fourth-order valence-corrected chi connectivity index (χ4v) is 2.20. The third-order valence-corrected chi connectivity index (χ3v) is 3.13. The van der Waals surface area contributed by atoms with Crippen molar-refractivity contribution in [2.45, 2.75) is 31.8 Å². The highest BCUT2D eigenvalue weighted by Crippen LogP contribution is 2.20. The van der Waals surface area contributed by atoms with Crippen molar-refractivity contribution in [2.75, 3.05) is 18.5 Å². The summed E-state index contributed by atoms with van der Waals surface area (Å²) in [7, 11) is 0. The van der Waals surface area contributed by atoms with Gasteiger partial charge in [0, 0.05) is 6.54 Å². The topological polar surface area (TPSA) is 77.2 Å². The van der Waals surface area contributed by atoms with Crippen molar-refractivity contribution in [3.8, 4) is 0 Å². The summed E-state index contributed by atoms with van der Waals surface area (Å²) in [6.07, 6.45) is 5.47. The molecule has 0 unspecified atom stereocenters. The summed E-state index contributed by atoms with van der Waals surface area (Å²) in [6, 6.07) is 3.69. The standard InChI is InChI=1S/C11H16N6O/c1-2-4-9(3-1)18-8-7-12-10-5-6-11-13-15-16-17(11)14-10/h5-6,9H,1-4,7-8H2,(H,12,14). The number of aromatic nitrogens is 5. The van der Waals surface area contributed by atoms with Gasteiger partial charge < -0.3 is 10.1 Å². The Morgan fingerprint density at radius 1 is 1.33 bits per heavy atom. The molecule has 7 heteroatoms. The van der Waals surface area contributed by atoms with Gasteiger partial charge in [0.05, 0.1) is 12.7 Å².